The fraction of sp³-hybridized carbons (Fsp3) is 0.324. The van der Waals surface area contributed by atoms with Gasteiger partial charge in [-0.3, -0.25) is 14.4 Å². The largest absolute Gasteiger partial charge is 0.490 e. The topological polar surface area (TPSA) is 83.7 Å². The molecule has 0 fully saturated rings. The zero-order valence-electron chi connectivity index (χ0n) is 27.4. The highest BCUT2D eigenvalue weighted by Gasteiger charge is 2.34. The van der Waals surface area contributed by atoms with Crippen LogP contribution in [0.5, 0.6) is 5.75 Å². The van der Waals surface area contributed by atoms with Crippen molar-refractivity contribution in [1.82, 2.24) is 24.6 Å². The number of carbonyl (C=O) groups is 1. The molecule has 5 heterocycles. The Hall–Kier alpha value is -4.45. The quantitative estimate of drug-likeness (QED) is 0.189. The van der Waals surface area contributed by atoms with Gasteiger partial charge in [-0.05, 0) is 75.0 Å². The van der Waals surface area contributed by atoms with Crippen LogP contribution in [0.4, 0.5) is 8.78 Å². The van der Waals surface area contributed by atoms with Crippen molar-refractivity contribution in [3.63, 3.8) is 0 Å². The predicted molar refractivity (Wildman–Crippen MR) is 184 cm³/mol. The maximum absolute atomic E-state index is 16.0. The molecule has 8 nitrogen and oxygen atoms in total. The van der Waals surface area contributed by atoms with Crippen LogP contribution in [0.25, 0.3) is 43.9 Å². The lowest BCUT2D eigenvalue weighted by Crippen LogP contribution is -2.43. The molecule has 1 N–H and O–H groups in total. The van der Waals surface area contributed by atoms with Gasteiger partial charge < -0.3 is 14.7 Å². The number of aromatic nitrogens is 3. The van der Waals surface area contributed by atoms with E-state index in [2.05, 4.69) is 50.6 Å². The molecule has 0 spiro atoms. The lowest BCUT2D eigenvalue weighted by molar-refractivity contribution is -0.129. The van der Waals surface area contributed by atoms with Gasteiger partial charge in [0.05, 0.1) is 36.1 Å². The van der Waals surface area contributed by atoms with Gasteiger partial charge in [-0.15, -0.1) is 11.3 Å². The highest BCUT2D eigenvalue weighted by molar-refractivity contribution is 7.18. The third-order valence-electron chi connectivity index (χ3n) is 9.89. The number of aliphatic hydroxyl groups is 1. The van der Waals surface area contributed by atoms with Crippen molar-refractivity contribution in [2.75, 3.05) is 33.4 Å². The number of pyridine rings is 1. The molecule has 2 aliphatic rings. The van der Waals surface area contributed by atoms with Crippen molar-refractivity contribution in [1.29, 1.82) is 0 Å². The van der Waals surface area contributed by atoms with E-state index in [-0.39, 0.29) is 42.0 Å². The van der Waals surface area contributed by atoms with Gasteiger partial charge >= 0.3 is 0 Å². The van der Waals surface area contributed by atoms with E-state index in [1.54, 1.807) is 4.90 Å². The summed E-state index contributed by atoms with van der Waals surface area (Å²) in [5, 5.41) is 17.2. The second-order valence-corrected chi connectivity index (χ2v) is 13.8. The zero-order chi connectivity index (χ0) is 33.9. The summed E-state index contributed by atoms with van der Waals surface area (Å²) in [5.74, 6) is -1.81. The molecule has 3 aromatic heterocycles. The van der Waals surface area contributed by atoms with Gasteiger partial charge in [-0.2, -0.15) is 5.10 Å². The summed E-state index contributed by atoms with van der Waals surface area (Å²) in [5.41, 5.74) is 6.26. The van der Waals surface area contributed by atoms with Gasteiger partial charge in [0.25, 0.3) is 0 Å². The van der Waals surface area contributed by atoms with Crippen LogP contribution in [0.3, 0.4) is 0 Å². The Morgan fingerprint density at radius 1 is 1.12 bits per heavy atom. The first-order chi connectivity index (χ1) is 23.0. The number of amides is 1. The minimum absolute atomic E-state index is 0.0349. The first-order valence-corrected chi connectivity index (χ1v) is 16.9. The van der Waals surface area contributed by atoms with Crippen molar-refractivity contribution in [2.45, 2.75) is 45.3 Å². The average Bonchev–Trinajstić information content (AvgIpc) is 3.73. The second kappa shape index (κ2) is 12.2. The number of benzene rings is 2. The fourth-order valence-corrected chi connectivity index (χ4v) is 8.03. The van der Waals surface area contributed by atoms with Crippen molar-refractivity contribution in [3.8, 4) is 39.5 Å². The van der Waals surface area contributed by atoms with Gasteiger partial charge in [0.2, 0.25) is 5.91 Å². The molecule has 0 saturated carbocycles. The van der Waals surface area contributed by atoms with Gasteiger partial charge in [0.1, 0.15) is 35.4 Å². The Bertz CT molecular complexity index is 2090. The maximum atomic E-state index is 16.0. The monoisotopic (exact) mass is 669 g/mol. The van der Waals surface area contributed by atoms with Crippen molar-refractivity contribution >= 4 is 27.3 Å². The number of fused-ring (bicyclic) bond motifs is 3. The minimum atomic E-state index is -0.811. The third-order valence-corrected chi connectivity index (χ3v) is 10.8. The zero-order valence-corrected chi connectivity index (χ0v) is 28.2. The number of rotatable bonds is 7. The van der Waals surface area contributed by atoms with E-state index in [1.807, 2.05) is 29.1 Å². The standard InChI is InChI=1S/C37H37F2N5O3S/c1-6-31(46)43-12-13-44-29(21(43)2)20-28(41-44)35-33(32-27(39)18-24(38)19-30(32)47-15-14-45)36-25(10-16-48-36)34(40-35)23-7-8-26-22(17-23)9-11-42(5)37(26,3)4/h6-8,10,16-21,45H,1,9,11-15H2,2-5H3. The maximum Gasteiger partial charge on any atom is 0.246 e. The van der Waals surface area contributed by atoms with Gasteiger partial charge in [0.15, 0.2) is 0 Å². The lowest BCUT2D eigenvalue weighted by Gasteiger charge is -2.41. The molecule has 0 radical (unpaired) electrons. The van der Waals surface area contributed by atoms with Crippen LogP contribution >= 0.6 is 11.3 Å². The number of hydrogen-bond donors (Lipinski definition) is 1. The van der Waals surface area contributed by atoms with Crippen LogP contribution in [0, 0.1) is 11.6 Å². The number of carbonyl (C=O) groups excluding carboxylic acids is 1. The number of hydrogen-bond acceptors (Lipinski definition) is 7. The average molecular weight is 670 g/mol. The van der Waals surface area contributed by atoms with Crippen LogP contribution in [-0.2, 0) is 23.3 Å². The summed E-state index contributed by atoms with van der Waals surface area (Å²) in [4.78, 5) is 22.0. The number of nitrogens with zero attached hydrogens (tertiary/aromatic N) is 5. The summed E-state index contributed by atoms with van der Waals surface area (Å²) in [6, 6.07) is 12.0. The molecule has 11 heteroatoms. The summed E-state index contributed by atoms with van der Waals surface area (Å²) in [7, 11) is 2.14. The highest BCUT2D eigenvalue weighted by atomic mass is 32.1. The van der Waals surface area contributed by atoms with Crippen LogP contribution in [0.2, 0.25) is 0 Å². The van der Waals surface area contributed by atoms with Crippen molar-refractivity contribution < 1.29 is 23.4 Å². The fourth-order valence-electron chi connectivity index (χ4n) is 7.08. The Balaban J connectivity index is 1.49. The lowest BCUT2D eigenvalue weighted by atomic mass is 9.82. The van der Waals surface area contributed by atoms with Gasteiger partial charge in [-0.25, -0.2) is 13.8 Å². The molecule has 2 aliphatic heterocycles. The Labute approximate surface area is 281 Å². The molecule has 0 aliphatic carbocycles. The number of thiophene rings is 1. The molecule has 1 amide bonds. The molecular formula is C37H37F2N5O3S. The van der Waals surface area contributed by atoms with E-state index in [1.165, 1.54) is 28.5 Å². The molecule has 0 bridgehead atoms. The van der Waals surface area contributed by atoms with E-state index in [0.717, 1.165) is 52.1 Å². The number of aliphatic hydroxyl groups excluding tert-OH is 1. The van der Waals surface area contributed by atoms with Crippen molar-refractivity contribution in [2.24, 2.45) is 0 Å². The minimum Gasteiger partial charge on any atom is -0.490 e. The Morgan fingerprint density at radius 3 is 2.71 bits per heavy atom. The highest BCUT2D eigenvalue weighted by Crippen LogP contribution is 2.48. The van der Waals surface area contributed by atoms with Crippen LogP contribution < -0.4 is 4.74 Å². The van der Waals surface area contributed by atoms with E-state index in [4.69, 9.17) is 14.8 Å². The molecular weight excluding hydrogens is 633 g/mol. The summed E-state index contributed by atoms with van der Waals surface area (Å²) < 4.78 is 39.0. The van der Waals surface area contributed by atoms with Crippen LogP contribution in [0.15, 0.2) is 60.5 Å². The second-order valence-electron chi connectivity index (χ2n) is 12.9. The molecule has 48 heavy (non-hydrogen) atoms. The molecule has 1 atom stereocenters. The van der Waals surface area contributed by atoms with Gasteiger partial charge in [-0.1, -0.05) is 18.7 Å². The first kappa shape index (κ1) is 32.1. The molecule has 7 rings (SSSR count). The van der Waals surface area contributed by atoms with E-state index >= 15 is 4.39 Å². The number of likely N-dealkylation sites (N-methyl/N-ethyl adjacent to an activating group) is 1. The number of ether oxygens (including phenoxy) is 1. The van der Waals surface area contributed by atoms with E-state index < -0.39 is 11.6 Å². The normalized spacial score (nSPS) is 17.3. The first-order valence-electron chi connectivity index (χ1n) is 16.0. The van der Waals surface area contributed by atoms with Gasteiger partial charge in [0, 0.05) is 52.0 Å². The smallest absolute Gasteiger partial charge is 0.246 e. The number of halogens is 2. The van der Waals surface area contributed by atoms with Crippen LogP contribution in [-0.4, -0.2) is 68.9 Å². The Kier molecular flexibility index (Phi) is 8.17. The van der Waals surface area contributed by atoms with E-state index in [0.29, 0.717) is 30.0 Å². The summed E-state index contributed by atoms with van der Waals surface area (Å²) in [6.07, 6.45) is 2.21. The summed E-state index contributed by atoms with van der Waals surface area (Å²) in [6.45, 7) is 11.4. The third kappa shape index (κ3) is 5.21. The molecule has 248 valence electrons. The SMILES string of the molecule is C=CC(=O)N1CCn2nc(-c3nc(-c4ccc5c(c4)CCN(C)C5(C)C)c4ccsc4c3-c3c(F)cc(F)cc3OCCO)cc2C1C. The summed E-state index contributed by atoms with van der Waals surface area (Å²) >= 11 is 1.43. The van der Waals surface area contributed by atoms with Crippen molar-refractivity contribution in [3.05, 3.63) is 89.0 Å². The molecule has 1 unspecified atom stereocenters. The molecule has 0 saturated heterocycles. The predicted octanol–water partition coefficient (Wildman–Crippen LogP) is 6.96. The van der Waals surface area contributed by atoms with Crippen LogP contribution in [0.1, 0.15) is 43.6 Å². The molecule has 2 aromatic carbocycles. The Morgan fingerprint density at radius 2 is 1.94 bits per heavy atom. The van der Waals surface area contributed by atoms with E-state index in [9.17, 15) is 14.3 Å². The molecule has 5 aromatic rings.